The van der Waals surface area contributed by atoms with Gasteiger partial charge in [0.2, 0.25) is 0 Å². The number of benzene rings is 1. The molecule has 0 aromatic heterocycles. The minimum Gasteiger partial charge on any atom is -0.497 e. The standard InChI is InChI=1S/C13H16FNO3/c1-4-15(5-2)13(17)12-9(8-16)6-10(18-3)7-11(12)14/h6-8H,4-5H2,1-3H3. The van der Waals surface area contributed by atoms with Crippen molar-refractivity contribution in [2.24, 2.45) is 0 Å². The first kappa shape index (κ1) is 14.2. The summed E-state index contributed by atoms with van der Waals surface area (Å²) < 4.78 is 18.7. The molecule has 0 spiro atoms. The van der Waals surface area contributed by atoms with Crippen molar-refractivity contribution >= 4 is 12.2 Å². The highest BCUT2D eigenvalue weighted by Gasteiger charge is 2.22. The number of nitrogens with zero attached hydrogens (tertiary/aromatic N) is 1. The maximum absolute atomic E-state index is 13.9. The fourth-order valence-corrected chi connectivity index (χ4v) is 1.71. The molecule has 98 valence electrons. The molecule has 0 aliphatic carbocycles. The molecule has 4 nitrogen and oxygen atoms in total. The zero-order chi connectivity index (χ0) is 13.7. The third-order valence-corrected chi connectivity index (χ3v) is 2.72. The van der Waals surface area contributed by atoms with Gasteiger partial charge in [-0.1, -0.05) is 0 Å². The number of halogens is 1. The number of hydrogen-bond donors (Lipinski definition) is 0. The molecule has 0 radical (unpaired) electrons. The molecular formula is C13H16FNO3. The van der Waals surface area contributed by atoms with E-state index < -0.39 is 11.7 Å². The molecule has 0 saturated carbocycles. The Hall–Kier alpha value is -1.91. The van der Waals surface area contributed by atoms with Gasteiger partial charge in [-0.15, -0.1) is 0 Å². The van der Waals surface area contributed by atoms with Crippen LogP contribution < -0.4 is 4.74 Å². The maximum Gasteiger partial charge on any atom is 0.257 e. The zero-order valence-corrected chi connectivity index (χ0v) is 10.7. The first-order chi connectivity index (χ1) is 8.58. The maximum atomic E-state index is 13.9. The number of aldehydes is 1. The van der Waals surface area contributed by atoms with Crippen LogP contribution in [0.15, 0.2) is 12.1 Å². The highest BCUT2D eigenvalue weighted by atomic mass is 19.1. The highest BCUT2D eigenvalue weighted by Crippen LogP contribution is 2.22. The Morgan fingerprint density at radius 2 is 2.00 bits per heavy atom. The van der Waals surface area contributed by atoms with Crippen molar-refractivity contribution < 1.29 is 18.7 Å². The van der Waals surface area contributed by atoms with Crippen molar-refractivity contribution in [2.75, 3.05) is 20.2 Å². The summed E-state index contributed by atoms with van der Waals surface area (Å²) in [6.07, 6.45) is 0.461. The van der Waals surface area contributed by atoms with Gasteiger partial charge >= 0.3 is 0 Å². The summed E-state index contributed by atoms with van der Waals surface area (Å²) >= 11 is 0. The summed E-state index contributed by atoms with van der Waals surface area (Å²) in [5.74, 6) is -1.01. The predicted molar refractivity (Wildman–Crippen MR) is 65.6 cm³/mol. The van der Waals surface area contributed by atoms with Crippen molar-refractivity contribution in [3.05, 3.63) is 29.1 Å². The van der Waals surface area contributed by atoms with E-state index in [-0.39, 0.29) is 16.9 Å². The van der Waals surface area contributed by atoms with Gasteiger partial charge in [-0.05, 0) is 19.9 Å². The van der Waals surface area contributed by atoms with Gasteiger partial charge < -0.3 is 9.64 Å². The smallest absolute Gasteiger partial charge is 0.257 e. The minimum absolute atomic E-state index is 0.00347. The Kier molecular flexibility index (Phi) is 4.83. The van der Waals surface area contributed by atoms with Gasteiger partial charge in [-0.3, -0.25) is 9.59 Å². The number of rotatable bonds is 5. The van der Waals surface area contributed by atoms with E-state index >= 15 is 0 Å². The van der Waals surface area contributed by atoms with Gasteiger partial charge in [0.15, 0.2) is 6.29 Å². The molecule has 0 aliphatic rings. The van der Waals surface area contributed by atoms with Gasteiger partial charge in [-0.2, -0.15) is 0 Å². The molecule has 0 fully saturated rings. The normalized spacial score (nSPS) is 10.0. The number of carbonyl (C=O) groups is 2. The second kappa shape index (κ2) is 6.14. The van der Waals surface area contributed by atoms with E-state index in [4.69, 9.17) is 4.74 Å². The molecule has 1 amide bonds. The Bertz CT molecular complexity index is 456. The quantitative estimate of drug-likeness (QED) is 0.755. The summed E-state index contributed by atoms with van der Waals surface area (Å²) in [7, 11) is 1.37. The molecule has 0 bridgehead atoms. The summed E-state index contributed by atoms with van der Waals surface area (Å²) in [5.41, 5.74) is -0.196. The molecule has 0 atom stereocenters. The molecule has 1 rings (SSSR count). The summed E-state index contributed by atoms with van der Waals surface area (Å²) in [4.78, 5) is 24.5. The number of methoxy groups -OCH3 is 1. The van der Waals surface area contributed by atoms with E-state index in [0.29, 0.717) is 19.4 Å². The Balaban J connectivity index is 3.31. The van der Waals surface area contributed by atoms with Crippen LogP contribution in [0.2, 0.25) is 0 Å². The minimum atomic E-state index is -0.742. The topological polar surface area (TPSA) is 46.6 Å². The molecule has 5 heteroatoms. The van der Waals surface area contributed by atoms with Crippen LogP contribution in [0.25, 0.3) is 0 Å². The zero-order valence-electron chi connectivity index (χ0n) is 10.7. The lowest BCUT2D eigenvalue weighted by Gasteiger charge is -2.20. The second-order valence-corrected chi connectivity index (χ2v) is 3.67. The molecule has 1 aromatic rings. The third kappa shape index (κ3) is 2.67. The van der Waals surface area contributed by atoms with Crippen LogP contribution in [0, 0.1) is 5.82 Å². The van der Waals surface area contributed by atoms with Crippen molar-refractivity contribution in [3.63, 3.8) is 0 Å². The average molecular weight is 253 g/mol. The lowest BCUT2D eigenvalue weighted by atomic mass is 10.1. The molecular weight excluding hydrogens is 237 g/mol. The molecule has 0 N–H and O–H groups in total. The highest BCUT2D eigenvalue weighted by molar-refractivity contribution is 6.02. The first-order valence-electron chi connectivity index (χ1n) is 5.70. The van der Waals surface area contributed by atoms with Gasteiger partial charge in [0, 0.05) is 24.7 Å². The lowest BCUT2D eigenvalue weighted by Crippen LogP contribution is -2.32. The molecule has 0 saturated heterocycles. The Morgan fingerprint density at radius 1 is 1.39 bits per heavy atom. The Morgan fingerprint density at radius 3 is 2.44 bits per heavy atom. The van der Waals surface area contributed by atoms with Crippen LogP contribution in [0.5, 0.6) is 5.75 Å². The lowest BCUT2D eigenvalue weighted by molar-refractivity contribution is 0.0765. The molecule has 0 aliphatic heterocycles. The SMILES string of the molecule is CCN(CC)C(=O)c1c(F)cc(OC)cc1C=O. The predicted octanol–water partition coefficient (Wildman–Crippen LogP) is 2.13. The summed E-state index contributed by atoms with van der Waals surface area (Å²) in [6, 6.07) is 2.45. The molecule has 0 unspecified atom stereocenters. The van der Waals surface area contributed by atoms with Gasteiger partial charge in [0.25, 0.3) is 5.91 Å². The number of hydrogen-bond acceptors (Lipinski definition) is 3. The monoisotopic (exact) mass is 253 g/mol. The van der Waals surface area contributed by atoms with Crippen LogP contribution in [0.4, 0.5) is 4.39 Å². The van der Waals surface area contributed by atoms with Crippen molar-refractivity contribution in [1.82, 2.24) is 4.90 Å². The van der Waals surface area contributed by atoms with Crippen LogP contribution in [-0.2, 0) is 0 Å². The second-order valence-electron chi connectivity index (χ2n) is 3.67. The molecule has 18 heavy (non-hydrogen) atoms. The van der Waals surface area contributed by atoms with E-state index in [0.717, 1.165) is 6.07 Å². The number of ether oxygens (including phenoxy) is 1. The molecule has 0 heterocycles. The van der Waals surface area contributed by atoms with E-state index in [1.54, 1.807) is 13.8 Å². The largest absolute Gasteiger partial charge is 0.497 e. The van der Waals surface area contributed by atoms with E-state index in [1.165, 1.54) is 18.1 Å². The first-order valence-corrected chi connectivity index (χ1v) is 5.70. The van der Waals surface area contributed by atoms with E-state index in [1.807, 2.05) is 0 Å². The van der Waals surface area contributed by atoms with Crippen molar-refractivity contribution in [2.45, 2.75) is 13.8 Å². The van der Waals surface area contributed by atoms with Crippen molar-refractivity contribution in [3.8, 4) is 5.75 Å². The molecule has 1 aromatic carbocycles. The fraction of sp³-hybridized carbons (Fsp3) is 0.385. The number of amides is 1. The van der Waals surface area contributed by atoms with Crippen LogP contribution >= 0.6 is 0 Å². The van der Waals surface area contributed by atoms with Gasteiger partial charge in [-0.25, -0.2) is 4.39 Å². The third-order valence-electron chi connectivity index (χ3n) is 2.72. The van der Waals surface area contributed by atoms with Gasteiger partial charge in [0.05, 0.1) is 12.7 Å². The number of carbonyl (C=O) groups excluding carboxylic acids is 2. The average Bonchev–Trinajstić information content (AvgIpc) is 2.38. The summed E-state index contributed by atoms with van der Waals surface area (Å²) in [6.45, 7) is 4.50. The van der Waals surface area contributed by atoms with Crippen LogP contribution in [0.3, 0.4) is 0 Å². The van der Waals surface area contributed by atoms with Gasteiger partial charge in [0.1, 0.15) is 11.6 Å². The fourth-order valence-electron chi connectivity index (χ4n) is 1.71. The van der Waals surface area contributed by atoms with Crippen molar-refractivity contribution in [1.29, 1.82) is 0 Å². The van der Waals surface area contributed by atoms with E-state index in [2.05, 4.69) is 0 Å². The van der Waals surface area contributed by atoms with E-state index in [9.17, 15) is 14.0 Å². The van der Waals surface area contributed by atoms with Crippen LogP contribution in [-0.4, -0.2) is 37.3 Å². The Labute approximate surface area is 105 Å². The van der Waals surface area contributed by atoms with Crippen LogP contribution in [0.1, 0.15) is 34.6 Å². The summed E-state index contributed by atoms with van der Waals surface area (Å²) in [5, 5.41) is 0.